The maximum absolute atomic E-state index is 8.92. The van der Waals surface area contributed by atoms with E-state index in [0.717, 1.165) is 5.56 Å². The molecule has 0 aromatic heterocycles. The molecular formula is C8H12NO+. The number of phenolic OH excluding ortho intramolecular Hbond substituents is 1. The highest BCUT2D eigenvalue weighted by atomic mass is 16.3. The Bertz CT molecular complexity index is 203. The molecule has 1 aromatic carbocycles. The van der Waals surface area contributed by atoms with Crippen molar-refractivity contribution in [2.24, 2.45) is 0 Å². The van der Waals surface area contributed by atoms with Gasteiger partial charge >= 0.3 is 0 Å². The lowest BCUT2D eigenvalue weighted by Crippen LogP contribution is -2.51. The Balaban J connectivity index is 2.89. The molecule has 10 heavy (non-hydrogen) atoms. The van der Waals surface area contributed by atoms with Gasteiger partial charge in [-0.2, -0.15) is 0 Å². The fraction of sp³-hybridized carbons (Fsp3) is 0.250. The summed E-state index contributed by atoms with van der Waals surface area (Å²) < 4.78 is 0. The summed E-state index contributed by atoms with van der Waals surface area (Å²) in [6.45, 7) is 2.02. The van der Waals surface area contributed by atoms with Gasteiger partial charge in [0.25, 0.3) is 0 Å². The van der Waals surface area contributed by atoms with Crippen molar-refractivity contribution in [3.05, 3.63) is 29.8 Å². The minimum Gasteiger partial charge on any atom is -0.508 e. The third-order valence-corrected chi connectivity index (χ3v) is 1.46. The zero-order chi connectivity index (χ0) is 7.56. The van der Waals surface area contributed by atoms with E-state index in [2.05, 4.69) is 5.73 Å². The van der Waals surface area contributed by atoms with E-state index < -0.39 is 0 Å². The van der Waals surface area contributed by atoms with E-state index in [-0.39, 0.29) is 0 Å². The van der Waals surface area contributed by atoms with Crippen LogP contribution in [0.25, 0.3) is 0 Å². The fourth-order valence-electron chi connectivity index (χ4n) is 0.803. The van der Waals surface area contributed by atoms with E-state index in [4.69, 9.17) is 5.11 Å². The molecule has 0 spiro atoms. The third-order valence-electron chi connectivity index (χ3n) is 1.46. The lowest BCUT2D eigenvalue weighted by atomic mass is 10.1. The molecular weight excluding hydrogens is 126 g/mol. The first kappa shape index (κ1) is 7.09. The number of benzene rings is 1. The van der Waals surface area contributed by atoms with Crippen molar-refractivity contribution < 1.29 is 10.8 Å². The Morgan fingerprint density at radius 2 is 1.80 bits per heavy atom. The highest BCUT2D eigenvalue weighted by molar-refractivity contribution is 5.26. The van der Waals surface area contributed by atoms with Crippen molar-refractivity contribution in [1.29, 1.82) is 0 Å². The highest BCUT2D eigenvalue weighted by Gasteiger charge is 1.99. The van der Waals surface area contributed by atoms with Gasteiger partial charge in [-0.15, -0.1) is 0 Å². The Morgan fingerprint density at radius 3 is 2.20 bits per heavy atom. The van der Waals surface area contributed by atoms with Crippen LogP contribution >= 0.6 is 0 Å². The van der Waals surface area contributed by atoms with E-state index in [1.54, 1.807) is 12.1 Å². The van der Waals surface area contributed by atoms with Gasteiger partial charge in [-0.3, -0.25) is 0 Å². The van der Waals surface area contributed by atoms with Crippen LogP contribution in [-0.2, 0) is 0 Å². The van der Waals surface area contributed by atoms with Gasteiger partial charge in [0.2, 0.25) is 0 Å². The number of quaternary nitrogens is 1. The highest BCUT2D eigenvalue weighted by Crippen LogP contribution is 2.12. The minimum atomic E-state index is 0.292. The summed E-state index contributed by atoms with van der Waals surface area (Å²) >= 11 is 0. The first-order chi connectivity index (χ1) is 4.70. The van der Waals surface area contributed by atoms with E-state index in [1.807, 2.05) is 19.1 Å². The molecule has 54 valence electrons. The molecule has 0 heterocycles. The molecule has 0 radical (unpaired) electrons. The van der Waals surface area contributed by atoms with Crippen LogP contribution in [0.2, 0.25) is 0 Å². The molecule has 0 aliphatic carbocycles. The van der Waals surface area contributed by atoms with Crippen LogP contribution in [0, 0.1) is 0 Å². The molecule has 1 rings (SSSR count). The van der Waals surface area contributed by atoms with E-state index in [9.17, 15) is 0 Å². The fourth-order valence-corrected chi connectivity index (χ4v) is 0.803. The molecule has 1 aromatic rings. The van der Waals surface area contributed by atoms with Crippen LogP contribution in [-0.4, -0.2) is 5.11 Å². The number of phenols is 1. The Labute approximate surface area is 60.3 Å². The van der Waals surface area contributed by atoms with Gasteiger partial charge in [0.05, 0.1) is 0 Å². The van der Waals surface area contributed by atoms with Gasteiger partial charge in [0.1, 0.15) is 11.8 Å². The maximum Gasteiger partial charge on any atom is 0.115 e. The topological polar surface area (TPSA) is 47.9 Å². The molecule has 0 saturated carbocycles. The molecule has 4 N–H and O–H groups in total. The van der Waals surface area contributed by atoms with Crippen molar-refractivity contribution in [2.45, 2.75) is 13.0 Å². The normalized spacial score (nSPS) is 13.0. The van der Waals surface area contributed by atoms with Crippen molar-refractivity contribution in [2.75, 3.05) is 0 Å². The number of hydrogen-bond donors (Lipinski definition) is 2. The second-order valence-corrected chi connectivity index (χ2v) is 2.49. The van der Waals surface area contributed by atoms with Crippen LogP contribution < -0.4 is 5.73 Å². The zero-order valence-electron chi connectivity index (χ0n) is 6.04. The van der Waals surface area contributed by atoms with Gasteiger partial charge in [-0.1, -0.05) is 0 Å². The van der Waals surface area contributed by atoms with Crippen molar-refractivity contribution in [3.8, 4) is 5.75 Å². The molecule has 0 aliphatic heterocycles. The van der Waals surface area contributed by atoms with Gasteiger partial charge in [-0.25, -0.2) is 0 Å². The second-order valence-electron chi connectivity index (χ2n) is 2.49. The standard InChI is InChI=1S/C8H11NO/c1-6(9)7-2-4-8(10)5-3-7/h2-6,10H,9H2,1H3/p+1/t6-/m1/s1. The molecule has 0 saturated heterocycles. The predicted molar refractivity (Wildman–Crippen MR) is 39.4 cm³/mol. The summed E-state index contributed by atoms with van der Waals surface area (Å²) in [4.78, 5) is 0. The van der Waals surface area contributed by atoms with Crippen molar-refractivity contribution >= 4 is 0 Å². The van der Waals surface area contributed by atoms with E-state index >= 15 is 0 Å². The van der Waals surface area contributed by atoms with Crippen molar-refractivity contribution in [1.82, 2.24) is 0 Å². The molecule has 0 bridgehead atoms. The van der Waals surface area contributed by atoms with Crippen LogP contribution in [0.5, 0.6) is 5.75 Å². The Kier molecular flexibility index (Phi) is 1.92. The Morgan fingerprint density at radius 1 is 1.30 bits per heavy atom. The minimum absolute atomic E-state index is 0.292. The van der Waals surface area contributed by atoms with E-state index in [1.165, 1.54) is 0 Å². The SMILES string of the molecule is C[C@@H]([NH3+])c1ccc(O)cc1. The smallest absolute Gasteiger partial charge is 0.115 e. The van der Waals surface area contributed by atoms with Crippen LogP contribution in [0.15, 0.2) is 24.3 Å². The summed E-state index contributed by atoms with van der Waals surface area (Å²) in [6, 6.07) is 7.41. The lowest BCUT2D eigenvalue weighted by Gasteiger charge is -2.00. The average Bonchev–Trinajstić information content (AvgIpc) is 1.88. The van der Waals surface area contributed by atoms with Crippen LogP contribution in [0.1, 0.15) is 18.5 Å². The third kappa shape index (κ3) is 1.48. The molecule has 1 atom stereocenters. The largest absolute Gasteiger partial charge is 0.508 e. The lowest BCUT2D eigenvalue weighted by molar-refractivity contribution is -0.420. The van der Waals surface area contributed by atoms with Crippen LogP contribution in [0.3, 0.4) is 0 Å². The van der Waals surface area contributed by atoms with Gasteiger partial charge in [0, 0.05) is 5.56 Å². The zero-order valence-corrected chi connectivity index (χ0v) is 6.04. The first-order valence-electron chi connectivity index (χ1n) is 3.32. The van der Waals surface area contributed by atoms with Crippen molar-refractivity contribution in [3.63, 3.8) is 0 Å². The maximum atomic E-state index is 8.92. The number of hydrogen-bond acceptors (Lipinski definition) is 1. The monoisotopic (exact) mass is 138 g/mol. The molecule has 2 nitrogen and oxygen atoms in total. The summed E-state index contributed by atoms with van der Waals surface area (Å²) in [5, 5.41) is 8.92. The second kappa shape index (κ2) is 2.71. The number of aromatic hydroxyl groups is 1. The molecule has 0 amide bonds. The van der Waals surface area contributed by atoms with Crippen LogP contribution in [0.4, 0.5) is 0 Å². The summed E-state index contributed by atoms with van der Waals surface area (Å²) in [6.07, 6.45) is 0. The van der Waals surface area contributed by atoms with Gasteiger partial charge in [-0.05, 0) is 31.2 Å². The summed E-state index contributed by atoms with van der Waals surface area (Å²) in [7, 11) is 0. The van der Waals surface area contributed by atoms with Gasteiger partial charge < -0.3 is 10.8 Å². The quantitative estimate of drug-likeness (QED) is 0.589. The average molecular weight is 138 g/mol. The molecule has 0 aliphatic rings. The van der Waals surface area contributed by atoms with E-state index in [0.29, 0.717) is 11.8 Å². The predicted octanol–water partition coefficient (Wildman–Crippen LogP) is 0.695. The molecule has 0 unspecified atom stereocenters. The molecule has 2 heteroatoms. The number of rotatable bonds is 1. The molecule has 0 fully saturated rings. The van der Waals surface area contributed by atoms with Gasteiger partial charge in [0.15, 0.2) is 0 Å². The summed E-state index contributed by atoms with van der Waals surface area (Å²) in [5.74, 6) is 0.310. The Hall–Kier alpha value is -1.02. The summed E-state index contributed by atoms with van der Waals surface area (Å²) in [5.41, 5.74) is 5.01. The first-order valence-corrected chi connectivity index (χ1v) is 3.32.